The smallest absolute Gasteiger partial charge is 0.333 e. The molecule has 0 radical (unpaired) electrons. The van der Waals surface area contributed by atoms with E-state index in [0.717, 1.165) is 11.3 Å². The maximum Gasteiger partial charge on any atom is 0.333 e. The number of aromatic nitrogens is 3. The number of thiophene rings is 1. The van der Waals surface area contributed by atoms with Crippen LogP contribution >= 0.6 is 22.9 Å². The molecule has 1 unspecified atom stereocenters. The van der Waals surface area contributed by atoms with Gasteiger partial charge in [-0.25, -0.2) is 20.1 Å². The summed E-state index contributed by atoms with van der Waals surface area (Å²) < 4.78 is 26.7. The van der Waals surface area contributed by atoms with Crippen molar-refractivity contribution in [1.29, 1.82) is 0 Å². The van der Waals surface area contributed by atoms with Gasteiger partial charge in [0.15, 0.2) is 0 Å². The van der Waals surface area contributed by atoms with Gasteiger partial charge in [-0.2, -0.15) is 8.42 Å². The topological polar surface area (TPSA) is 178 Å². The minimum atomic E-state index is -4.11. The van der Waals surface area contributed by atoms with Crippen LogP contribution in [0.15, 0.2) is 42.2 Å². The lowest BCUT2D eigenvalue weighted by molar-refractivity contribution is 0.101. The normalized spacial score (nSPS) is 21.1. The minimum Gasteiger partial charge on any atom is -0.393 e. The molecule has 0 saturated heterocycles. The molecule has 0 bridgehead atoms. The van der Waals surface area contributed by atoms with Crippen LogP contribution in [0.25, 0.3) is 0 Å². The monoisotopic (exact) mass is 539 g/mol. The second-order valence-electron chi connectivity index (χ2n) is 8.06. The molecule has 3 aromatic heterocycles. The number of nitrogens with one attached hydrogen (secondary N) is 1. The SMILES string of the molecule is NS(=O)(=O)OC[C@H]1C[C@@H](Nc2ncncc2C(=O)c2cc(C(O)c3cccc(Cl)n3)cs2)C[C@@H]1O. The quantitative estimate of drug-likeness (QED) is 0.231. The van der Waals surface area contributed by atoms with E-state index in [4.69, 9.17) is 16.7 Å². The van der Waals surface area contributed by atoms with Crippen molar-refractivity contribution in [2.45, 2.75) is 31.1 Å². The maximum absolute atomic E-state index is 13.2. The Morgan fingerprint density at radius 1 is 1.37 bits per heavy atom. The maximum atomic E-state index is 13.2. The number of carbonyl (C=O) groups is 1. The second kappa shape index (κ2) is 10.6. The first-order valence-electron chi connectivity index (χ1n) is 10.5. The Kier molecular flexibility index (Phi) is 7.76. The van der Waals surface area contributed by atoms with Gasteiger partial charge in [0.1, 0.15) is 23.4 Å². The molecule has 4 atom stereocenters. The summed E-state index contributed by atoms with van der Waals surface area (Å²) in [5.41, 5.74) is 1.08. The number of nitrogens with zero attached hydrogens (tertiary/aromatic N) is 3. The molecule has 35 heavy (non-hydrogen) atoms. The van der Waals surface area contributed by atoms with Crippen molar-refractivity contribution < 1.29 is 27.6 Å². The van der Waals surface area contributed by atoms with Gasteiger partial charge in [-0.3, -0.25) is 8.98 Å². The number of nitrogens with two attached hydrogens (primary N) is 1. The Labute approximate surface area is 210 Å². The number of hydrogen-bond acceptors (Lipinski definition) is 11. The largest absolute Gasteiger partial charge is 0.393 e. The predicted octanol–water partition coefficient (Wildman–Crippen LogP) is 1.67. The molecular weight excluding hydrogens is 518 g/mol. The van der Waals surface area contributed by atoms with Gasteiger partial charge >= 0.3 is 10.3 Å². The van der Waals surface area contributed by atoms with Gasteiger partial charge < -0.3 is 15.5 Å². The zero-order chi connectivity index (χ0) is 25.2. The van der Waals surface area contributed by atoms with E-state index < -0.39 is 28.4 Å². The van der Waals surface area contributed by atoms with Gasteiger partial charge in [-0.15, -0.1) is 11.3 Å². The summed E-state index contributed by atoms with van der Waals surface area (Å²) in [6, 6.07) is 6.21. The average Bonchev–Trinajstić information content (AvgIpc) is 3.43. The lowest BCUT2D eigenvalue weighted by Crippen LogP contribution is -2.24. The molecule has 3 heterocycles. The van der Waals surface area contributed by atoms with Crippen molar-refractivity contribution in [3.63, 3.8) is 0 Å². The fourth-order valence-corrected chi connectivity index (χ4v) is 5.30. The molecule has 1 aliphatic rings. The van der Waals surface area contributed by atoms with E-state index in [1.54, 1.807) is 29.6 Å². The molecule has 1 fully saturated rings. The first-order chi connectivity index (χ1) is 16.6. The van der Waals surface area contributed by atoms with Crippen molar-refractivity contribution in [3.05, 3.63) is 69.0 Å². The third-order valence-corrected chi connectivity index (χ3v) is 7.20. The number of aliphatic hydroxyl groups is 2. The highest BCUT2D eigenvalue weighted by Crippen LogP contribution is 2.31. The van der Waals surface area contributed by atoms with Crippen molar-refractivity contribution in [2.75, 3.05) is 11.9 Å². The van der Waals surface area contributed by atoms with E-state index in [1.165, 1.54) is 12.5 Å². The number of halogens is 1. The Hall–Kier alpha value is -2.52. The molecule has 4 rings (SSSR count). The van der Waals surface area contributed by atoms with E-state index in [2.05, 4.69) is 24.5 Å². The summed E-state index contributed by atoms with van der Waals surface area (Å²) in [6.45, 7) is -0.241. The summed E-state index contributed by atoms with van der Waals surface area (Å²) in [7, 11) is -4.11. The highest BCUT2D eigenvalue weighted by molar-refractivity contribution is 7.84. The summed E-state index contributed by atoms with van der Waals surface area (Å²) in [4.78, 5) is 25.8. The van der Waals surface area contributed by atoms with Crippen molar-refractivity contribution >= 4 is 44.8 Å². The van der Waals surface area contributed by atoms with Crippen LogP contribution in [0.4, 0.5) is 5.82 Å². The Morgan fingerprint density at radius 2 is 2.17 bits per heavy atom. The van der Waals surface area contributed by atoms with Crippen LogP contribution < -0.4 is 10.5 Å². The number of anilines is 1. The third-order valence-electron chi connectivity index (χ3n) is 5.58. The fourth-order valence-electron chi connectivity index (χ4n) is 3.88. The summed E-state index contributed by atoms with van der Waals surface area (Å²) in [5, 5.41) is 30.8. The number of rotatable bonds is 9. The molecule has 1 aliphatic carbocycles. The Morgan fingerprint density at radius 3 is 2.91 bits per heavy atom. The van der Waals surface area contributed by atoms with E-state index in [1.807, 2.05) is 0 Å². The lowest BCUT2D eigenvalue weighted by Gasteiger charge is -2.15. The molecule has 11 nitrogen and oxygen atoms in total. The highest BCUT2D eigenvalue weighted by atomic mass is 35.5. The van der Waals surface area contributed by atoms with E-state index >= 15 is 0 Å². The van der Waals surface area contributed by atoms with Gasteiger partial charge in [-0.1, -0.05) is 17.7 Å². The van der Waals surface area contributed by atoms with Crippen LogP contribution in [0.1, 0.15) is 45.4 Å². The van der Waals surface area contributed by atoms with Crippen LogP contribution in [0, 0.1) is 5.92 Å². The van der Waals surface area contributed by atoms with Crippen LogP contribution in [0.5, 0.6) is 0 Å². The van der Waals surface area contributed by atoms with E-state index in [9.17, 15) is 23.4 Å². The number of aliphatic hydroxyl groups excluding tert-OH is 2. The third kappa shape index (κ3) is 6.38. The fraction of sp³-hybridized carbons (Fsp3) is 0.333. The van der Waals surface area contributed by atoms with Crippen LogP contribution in [0.2, 0.25) is 5.15 Å². The molecule has 0 aromatic carbocycles. The van der Waals surface area contributed by atoms with Crippen molar-refractivity contribution in [1.82, 2.24) is 15.0 Å². The molecule has 0 spiro atoms. The number of carbonyl (C=O) groups excluding carboxylic acids is 1. The molecule has 1 saturated carbocycles. The zero-order valence-corrected chi connectivity index (χ0v) is 20.5. The molecular formula is C21H22ClN5O6S2. The Balaban J connectivity index is 1.47. The lowest BCUT2D eigenvalue weighted by atomic mass is 10.1. The van der Waals surface area contributed by atoms with Gasteiger partial charge in [-0.05, 0) is 42.0 Å². The molecule has 3 aromatic rings. The van der Waals surface area contributed by atoms with E-state index in [0.29, 0.717) is 29.0 Å². The van der Waals surface area contributed by atoms with Crippen LogP contribution in [-0.4, -0.2) is 58.1 Å². The standard InChI is InChI=1S/C21H22ClN5O6S2/c22-18-3-1-2-15(27-18)19(29)12-5-17(34-9-12)20(30)14-7-24-10-25-21(14)26-13-4-11(16(28)6-13)8-33-35(23,31)32/h1-3,5,7,9-11,13,16,19,28-29H,4,6,8H2,(H2,23,31,32)(H,24,25,26)/t11-,13-,16+,19?/m1/s1. The number of ketones is 1. The molecule has 0 amide bonds. The second-order valence-corrected chi connectivity index (χ2v) is 10.6. The van der Waals surface area contributed by atoms with E-state index in [-0.39, 0.29) is 35.0 Å². The number of pyridine rings is 1. The van der Waals surface area contributed by atoms with Gasteiger partial charge in [0.25, 0.3) is 0 Å². The van der Waals surface area contributed by atoms with Crippen molar-refractivity contribution in [2.24, 2.45) is 11.1 Å². The first kappa shape index (κ1) is 25.6. The highest BCUT2D eigenvalue weighted by Gasteiger charge is 2.35. The zero-order valence-electron chi connectivity index (χ0n) is 18.1. The predicted molar refractivity (Wildman–Crippen MR) is 128 cm³/mol. The first-order valence-corrected chi connectivity index (χ1v) is 13.2. The van der Waals surface area contributed by atoms with Gasteiger partial charge in [0.2, 0.25) is 5.78 Å². The molecule has 5 N–H and O–H groups in total. The molecule has 186 valence electrons. The summed E-state index contributed by atoms with van der Waals surface area (Å²) in [5.74, 6) is -0.515. The van der Waals surface area contributed by atoms with Gasteiger partial charge in [0, 0.05) is 18.2 Å². The summed E-state index contributed by atoms with van der Waals surface area (Å²) in [6.07, 6.45) is 1.51. The molecule has 14 heteroatoms. The number of hydrogen-bond donors (Lipinski definition) is 4. The minimum absolute atomic E-state index is 0.218. The van der Waals surface area contributed by atoms with Crippen molar-refractivity contribution in [3.8, 4) is 0 Å². The van der Waals surface area contributed by atoms with Gasteiger partial charge in [0.05, 0.1) is 28.8 Å². The average molecular weight is 540 g/mol. The van der Waals surface area contributed by atoms with Crippen LogP contribution in [0.3, 0.4) is 0 Å². The summed E-state index contributed by atoms with van der Waals surface area (Å²) >= 11 is 7.07. The Bertz CT molecular complexity index is 1320. The molecule has 0 aliphatic heterocycles. The van der Waals surface area contributed by atoms with Crippen LogP contribution in [-0.2, 0) is 14.5 Å².